The second-order valence-electron chi connectivity index (χ2n) is 11.4. The van der Waals surface area contributed by atoms with Gasteiger partial charge in [0.05, 0.1) is 22.4 Å². The summed E-state index contributed by atoms with van der Waals surface area (Å²) < 4.78 is 2.37. The maximum atomic E-state index is 5.26. The SMILES string of the molecule is C=C/C=C\C(=C/C)c1nc2c(c(-c3cccc(-c4cccc5c4c4ccccc4n5-c4ccccc4)c3)n1)-c1ccccc1C2. The fourth-order valence-electron chi connectivity index (χ4n) is 6.78. The molecule has 8 rings (SSSR count). The number of allylic oxidation sites excluding steroid dienone is 5. The first-order chi connectivity index (χ1) is 22.2. The first-order valence-corrected chi connectivity index (χ1v) is 15.4. The summed E-state index contributed by atoms with van der Waals surface area (Å²) in [7, 11) is 0. The van der Waals surface area contributed by atoms with Crippen molar-refractivity contribution in [1.29, 1.82) is 0 Å². The molecule has 3 heteroatoms. The zero-order valence-corrected chi connectivity index (χ0v) is 25.1. The number of aromatic nitrogens is 3. The summed E-state index contributed by atoms with van der Waals surface area (Å²) >= 11 is 0. The van der Waals surface area contributed by atoms with Crippen LogP contribution in [0.5, 0.6) is 0 Å². The van der Waals surface area contributed by atoms with Crippen LogP contribution in [-0.2, 0) is 6.42 Å². The highest BCUT2D eigenvalue weighted by Crippen LogP contribution is 2.44. The van der Waals surface area contributed by atoms with Crippen molar-refractivity contribution in [2.75, 3.05) is 0 Å². The Hall–Kier alpha value is -5.80. The molecule has 0 radical (unpaired) electrons. The Morgan fingerprint density at radius 3 is 2.33 bits per heavy atom. The smallest absolute Gasteiger partial charge is 0.159 e. The molecule has 3 nitrogen and oxygen atoms in total. The number of hydrogen-bond acceptors (Lipinski definition) is 2. The summed E-state index contributed by atoms with van der Waals surface area (Å²) in [6.07, 6.45) is 8.61. The Morgan fingerprint density at radius 2 is 1.47 bits per heavy atom. The molecule has 0 N–H and O–H groups in total. The summed E-state index contributed by atoms with van der Waals surface area (Å²) in [5, 5.41) is 2.49. The van der Waals surface area contributed by atoms with Crippen molar-refractivity contribution in [3.8, 4) is 39.2 Å². The maximum Gasteiger partial charge on any atom is 0.159 e. The molecule has 0 amide bonds. The second-order valence-corrected chi connectivity index (χ2v) is 11.4. The van der Waals surface area contributed by atoms with Gasteiger partial charge in [0.25, 0.3) is 0 Å². The van der Waals surface area contributed by atoms with Gasteiger partial charge in [0.2, 0.25) is 0 Å². The fourth-order valence-corrected chi connectivity index (χ4v) is 6.78. The molecule has 0 spiro atoms. The van der Waals surface area contributed by atoms with Crippen molar-refractivity contribution in [1.82, 2.24) is 14.5 Å². The molecule has 0 unspecified atom stereocenters. The molecule has 7 aromatic rings. The van der Waals surface area contributed by atoms with E-state index in [9.17, 15) is 0 Å². The number of rotatable bonds is 6. The first-order valence-electron chi connectivity index (χ1n) is 15.4. The van der Waals surface area contributed by atoms with Gasteiger partial charge < -0.3 is 4.57 Å². The normalized spacial score (nSPS) is 12.6. The molecule has 0 fully saturated rings. The zero-order chi connectivity index (χ0) is 30.3. The van der Waals surface area contributed by atoms with Crippen LogP contribution in [0.3, 0.4) is 0 Å². The van der Waals surface area contributed by atoms with Crippen molar-refractivity contribution in [3.05, 3.63) is 169 Å². The van der Waals surface area contributed by atoms with Gasteiger partial charge in [0.1, 0.15) is 0 Å². The van der Waals surface area contributed by atoms with Gasteiger partial charge >= 0.3 is 0 Å². The number of benzene rings is 5. The lowest BCUT2D eigenvalue weighted by molar-refractivity contribution is 1.04. The third kappa shape index (κ3) is 4.44. The zero-order valence-electron chi connectivity index (χ0n) is 25.1. The molecule has 1 aliphatic rings. The van der Waals surface area contributed by atoms with Crippen molar-refractivity contribution in [2.45, 2.75) is 13.3 Å². The molecule has 214 valence electrons. The van der Waals surface area contributed by atoms with E-state index >= 15 is 0 Å². The highest BCUT2D eigenvalue weighted by molar-refractivity contribution is 6.15. The molecule has 0 bridgehead atoms. The van der Waals surface area contributed by atoms with Gasteiger partial charge in [-0.2, -0.15) is 0 Å². The predicted octanol–water partition coefficient (Wildman–Crippen LogP) is 10.6. The summed E-state index contributed by atoms with van der Waals surface area (Å²) in [5.41, 5.74) is 13.6. The van der Waals surface area contributed by atoms with E-state index in [4.69, 9.17) is 9.97 Å². The summed E-state index contributed by atoms with van der Waals surface area (Å²) in [6.45, 7) is 5.88. The van der Waals surface area contributed by atoms with Crippen LogP contribution in [0.4, 0.5) is 0 Å². The largest absolute Gasteiger partial charge is 0.309 e. The Kier molecular flexibility index (Phi) is 6.57. The van der Waals surface area contributed by atoms with Crippen LogP contribution in [0.15, 0.2) is 152 Å². The van der Waals surface area contributed by atoms with Gasteiger partial charge in [-0.1, -0.05) is 122 Å². The Bertz CT molecular complexity index is 2320. The molecular formula is C42H31N3. The van der Waals surface area contributed by atoms with E-state index in [1.807, 2.05) is 19.1 Å². The first kappa shape index (κ1) is 26.8. The third-order valence-corrected chi connectivity index (χ3v) is 8.77. The van der Waals surface area contributed by atoms with Gasteiger partial charge in [-0.3, -0.25) is 0 Å². The minimum absolute atomic E-state index is 0.732. The van der Waals surface area contributed by atoms with Crippen LogP contribution in [0, 0.1) is 0 Å². The molecule has 0 saturated carbocycles. The third-order valence-electron chi connectivity index (χ3n) is 8.77. The summed E-state index contributed by atoms with van der Waals surface area (Å²) in [4.78, 5) is 10.4. The minimum atomic E-state index is 0.732. The van der Waals surface area contributed by atoms with Crippen LogP contribution in [0.2, 0.25) is 0 Å². The molecule has 2 aromatic heterocycles. The van der Waals surface area contributed by atoms with Gasteiger partial charge in [0.15, 0.2) is 5.82 Å². The summed E-state index contributed by atoms with van der Waals surface area (Å²) in [5.74, 6) is 0.732. The molecule has 0 saturated heterocycles. The number of nitrogens with zero attached hydrogens (tertiary/aromatic N) is 3. The Morgan fingerprint density at radius 1 is 0.733 bits per heavy atom. The molecular weight excluding hydrogens is 546 g/mol. The lowest BCUT2D eigenvalue weighted by Gasteiger charge is -2.14. The second kappa shape index (κ2) is 11.0. The number of hydrogen-bond donors (Lipinski definition) is 0. The van der Waals surface area contributed by atoms with Gasteiger partial charge in [0, 0.05) is 39.6 Å². The average Bonchev–Trinajstić information content (AvgIpc) is 3.64. The average molecular weight is 578 g/mol. The van der Waals surface area contributed by atoms with Gasteiger partial charge in [-0.25, -0.2) is 9.97 Å². The van der Waals surface area contributed by atoms with Crippen molar-refractivity contribution in [3.63, 3.8) is 0 Å². The van der Waals surface area contributed by atoms with Crippen LogP contribution in [0.1, 0.15) is 24.0 Å². The fraction of sp³-hybridized carbons (Fsp3) is 0.0476. The summed E-state index contributed by atoms with van der Waals surface area (Å²) in [6, 6.07) is 43.4. The quantitative estimate of drug-likeness (QED) is 0.184. The van der Waals surface area contributed by atoms with E-state index in [-0.39, 0.29) is 0 Å². The van der Waals surface area contributed by atoms with Crippen LogP contribution >= 0.6 is 0 Å². The lowest BCUT2D eigenvalue weighted by atomic mass is 9.95. The van der Waals surface area contributed by atoms with E-state index < -0.39 is 0 Å². The lowest BCUT2D eigenvalue weighted by Crippen LogP contribution is -2.01. The monoisotopic (exact) mass is 577 g/mol. The molecule has 0 atom stereocenters. The molecule has 5 aromatic carbocycles. The standard InChI is InChI=1S/C42H31N3/c1-3-5-15-28(4-2)42-43-36-27-30-16-9-10-21-34(30)40(36)41(44-42)31-18-13-17-29(26-31)33-23-14-25-38-39(33)35-22-11-12-24-37(35)45(38)32-19-7-6-8-20-32/h3-26H,1,27H2,2H3/b15-5-,28-4+. The van der Waals surface area contributed by atoms with Crippen molar-refractivity contribution >= 4 is 27.4 Å². The topological polar surface area (TPSA) is 30.7 Å². The van der Waals surface area contributed by atoms with E-state index in [1.54, 1.807) is 6.08 Å². The van der Waals surface area contributed by atoms with E-state index in [2.05, 4.69) is 139 Å². The predicted molar refractivity (Wildman–Crippen MR) is 188 cm³/mol. The Balaban J connectivity index is 1.36. The van der Waals surface area contributed by atoms with Crippen molar-refractivity contribution < 1.29 is 0 Å². The van der Waals surface area contributed by atoms with E-state index in [0.29, 0.717) is 0 Å². The van der Waals surface area contributed by atoms with Crippen LogP contribution in [0.25, 0.3) is 66.6 Å². The number of fused-ring (bicyclic) bond motifs is 6. The van der Waals surface area contributed by atoms with Gasteiger partial charge in [-0.05, 0) is 59.5 Å². The molecule has 1 aliphatic carbocycles. The van der Waals surface area contributed by atoms with Crippen LogP contribution in [-0.4, -0.2) is 14.5 Å². The van der Waals surface area contributed by atoms with Crippen LogP contribution < -0.4 is 0 Å². The maximum absolute atomic E-state index is 5.26. The molecule has 45 heavy (non-hydrogen) atoms. The molecule has 2 heterocycles. The van der Waals surface area contributed by atoms with E-state index in [0.717, 1.165) is 51.6 Å². The van der Waals surface area contributed by atoms with Gasteiger partial charge in [-0.15, -0.1) is 0 Å². The van der Waals surface area contributed by atoms with E-state index in [1.165, 1.54) is 38.5 Å². The highest BCUT2D eigenvalue weighted by Gasteiger charge is 2.26. The minimum Gasteiger partial charge on any atom is -0.309 e. The molecule has 0 aliphatic heterocycles. The van der Waals surface area contributed by atoms with Crippen molar-refractivity contribution in [2.24, 2.45) is 0 Å². The number of para-hydroxylation sites is 2. The highest BCUT2D eigenvalue weighted by atomic mass is 15.0. The Labute approximate surface area is 263 Å².